The van der Waals surface area contributed by atoms with Crippen molar-refractivity contribution in [3.63, 3.8) is 0 Å². The fourth-order valence-corrected chi connectivity index (χ4v) is 5.57. The van der Waals surface area contributed by atoms with Gasteiger partial charge < -0.3 is 10.1 Å². The van der Waals surface area contributed by atoms with E-state index in [0.29, 0.717) is 5.69 Å². The number of rotatable bonds is 9. The molecule has 0 saturated heterocycles. The molecule has 0 aliphatic rings. The Morgan fingerprint density at radius 2 is 1.56 bits per heavy atom. The third-order valence-corrected chi connectivity index (χ3v) is 7.72. The first-order valence-electron chi connectivity index (χ1n) is 11.8. The van der Waals surface area contributed by atoms with Gasteiger partial charge in [-0.1, -0.05) is 71.8 Å². The minimum atomic E-state index is -3.96. The number of aryl methyl sites for hydroxylation is 3. The topological polar surface area (TPSA) is 75.7 Å². The summed E-state index contributed by atoms with van der Waals surface area (Å²) >= 11 is 0. The summed E-state index contributed by atoms with van der Waals surface area (Å²) in [7, 11) is -3.96. The van der Waals surface area contributed by atoms with Crippen LogP contribution in [0.1, 0.15) is 16.7 Å². The quantitative estimate of drug-likeness (QED) is 0.321. The molecule has 4 aromatic rings. The van der Waals surface area contributed by atoms with E-state index in [2.05, 4.69) is 5.32 Å². The fourth-order valence-electron chi connectivity index (χ4n) is 4.08. The van der Waals surface area contributed by atoms with E-state index in [0.717, 1.165) is 33.2 Å². The lowest BCUT2D eigenvalue weighted by atomic mass is 10.1. The zero-order valence-electron chi connectivity index (χ0n) is 20.7. The first kappa shape index (κ1) is 25.3. The van der Waals surface area contributed by atoms with E-state index in [-0.39, 0.29) is 24.6 Å². The van der Waals surface area contributed by atoms with Crippen LogP contribution >= 0.6 is 0 Å². The van der Waals surface area contributed by atoms with Gasteiger partial charge in [0.05, 0.1) is 17.1 Å². The second kappa shape index (κ2) is 10.8. The average Bonchev–Trinajstić information content (AvgIpc) is 2.86. The summed E-state index contributed by atoms with van der Waals surface area (Å²) in [6.45, 7) is 5.84. The molecular weight excluding hydrogens is 472 g/mol. The summed E-state index contributed by atoms with van der Waals surface area (Å²) < 4.78 is 34.2. The van der Waals surface area contributed by atoms with E-state index in [1.807, 2.05) is 75.4 Å². The molecule has 1 amide bonds. The van der Waals surface area contributed by atoms with Crippen LogP contribution in [-0.4, -0.2) is 34.0 Å². The Morgan fingerprint density at radius 3 is 2.31 bits per heavy atom. The molecule has 1 N–H and O–H groups in total. The third-order valence-electron chi connectivity index (χ3n) is 5.95. The highest BCUT2D eigenvalue weighted by Crippen LogP contribution is 2.28. The number of fused-ring (bicyclic) bond motifs is 1. The van der Waals surface area contributed by atoms with Crippen molar-refractivity contribution in [1.29, 1.82) is 0 Å². The normalized spacial score (nSPS) is 11.3. The van der Waals surface area contributed by atoms with Gasteiger partial charge in [0.25, 0.3) is 10.0 Å². The zero-order valence-corrected chi connectivity index (χ0v) is 21.5. The van der Waals surface area contributed by atoms with Crippen LogP contribution < -0.4 is 14.4 Å². The molecule has 0 heterocycles. The zero-order chi connectivity index (χ0) is 25.7. The number of amides is 1. The van der Waals surface area contributed by atoms with Gasteiger partial charge in [0.2, 0.25) is 5.91 Å². The molecule has 0 spiro atoms. The first-order chi connectivity index (χ1) is 17.3. The molecule has 6 nitrogen and oxygen atoms in total. The van der Waals surface area contributed by atoms with E-state index in [1.165, 1.54) is 4.31 Å². The number of carbonyl (C=O) groups excluding carboxylic acids is 1. The predicted octanol–water partition coefficient (Wildman–Crippen LogP) is 5.16. The maximum Gasteiger partial charge on any atom is 0.264 e. The molecule has 4 rings (SSSR count). The van der Waals surface area contributed by atoms with Crippen LogP contribution in [0.5, 0.6) is 5.75 Å². The van der Waals surface area contributed by atoms with Crippen molar-refractivity contribution >= 4 is 32.4 Å². The highest BCUT2D eigenvalue weighted by molar-refractivity contribution is 7.92. The maximum absolute atomic E-state index is 13.6. The monoisotopic (exact) mass is 502 g/mol. The molecule has 7 heteroatoms. The molecule has 0 atom stereocenters. The number of carbonyl (C=O) groups is 1. The summed E-state index contributed by atoms with van der Waals surface area (Å²) in [5.74, 6) is 0.327. The molecule has 0 aliphatic carbocycles. The first-order valence-corrected chi connectivity index (χ1v) is 13.2. The van der Waals surface area contributed by atoms with Crippen molar-refractivity contribution in [3.05, 3.63) is 102 Å². The van der Waals surface area contributed by atoms with Crippen molar-refractivity contribution in [1.82, 2.24) is 5.32 Å². The standard InChI is InChI=1S/C29H30N2O4S/c1-21-11-14-25(15-12-21)36(33,34)31(27-16-13-22(2)19-23(27)3)20-29(32)30-17-18-35-28-10-6-8-24-7-4-5-9-26(24)28/h4-16,19H,17-18,20H2,1-3H3,(H,30,32). The minimum absolute atomic E-state index is 0.139. The molecule has 0 aliphatic heterocycles. The smallest absolute Gasteiger partial charge is 0.264 e. The summed E-state index contributed by atoms with van der Waals surface area (Å²) in [6, 6.07) is 25.9. The van der Waals surface area contributed by atoms with Crippen LogP contribution in [0, 0.1) is 20.8 Å². The van der Waals surface area contributed by atoms with Crippen molar-refractivity contribution in [2.75, 3.05) is 24.0 Å². The molecule has 186 valence electrons. The second-order valence-corrected chi connectivity index (χ2v) is 10.7. The third kappa shape index (κ3) is 5.69. The molecule has 0 fully saturated rings. The van der Waals surface area contributed by atoms with Gasteiger partial charge in [-0.2, -0.15) is 0 Å². The lowest BCUT2D eigenvalue weighted by molar-refractivity contribution is -0.119. The highest BCUT2D eigenvalue weighted by atomic mass is 32.2. The molecule has 0 saturated carbocycles. The number of hydrogen-bond donors (Lipinski definition) is 1. The number of ether oxygens (including phenoxy) is 1. The van der Waals surface area contributed by atoms with Crippen LogP contribution in [0.4, 0.5) is 5.69 Å². The van der Waals surface area contributed by atoms with Crippen molar-refractivity contribution in [2.24, 2.45) is 0 Å². The number of nitrogens with one attached hydrogen (secondary N) is 1. The number of anilines is 1. The Kier molecular flexibility index (Phi) is 7.60. The van der Waals surface area contributed by atoms with Crippen LogP contribution in [0.25, 0.3) is 10.8 Å². The van der Waals surface area contributed by atoms with Gasteiger partial charge in [-0.25, -0.2) is 8.42 Å². The van der Waals surface area contributed by atoms with Gasteiger partial charge >= 0.3 is 0 Å². The fraction of sp³-hybridized carbons (Fsp3) is 0.207. The van der Waals surface area contributed by atoms with Gasteiger partial charge in [0, 0.05) is 5.39 Å². The van der Waals surface area contributed by atoms with E-state index in [9.17, 15) is 13.2 Å². The van der Waals surface area contributed by atoms with Crippen LogP contribution in [-0.2, 0) is 14.8 Å². The van der Waals surface area contributed by atoms with Crippen LogP contribution in [0.3, 0.4) is 0 Å². The lowest BCUT2D eigenvalue weighted by Gasteiger charge is -2.26. The summed E-state index contributed by atoms with van der Waals surface area (Å²) in [5.41, 5.74) is 3.22. The van der Waals surface area contributed by atoms with E-state index in [1.54, 1.807) is 30.3 Å². The van der Waals surface area contributed by atoms with Crippen molar-refractivity contribution in [2.45, 2.75) is 25.7 Å². The van der Waals surface area contributed by atoms with Crippen LogP contribution in [0.15, 0.2) is 89.8 Å². The number of hydrogen-bond acceptors (Lipinski definition) is 4. The SMILES string of the molecule is Cc1ccc(S(=O)(=O)N(CC(=O)NCCOc2cccc3ccccc23)c2ccc(C)cc2C)cc1. The Hall–Kier alpha value is -3.84. The molecular formula is C29H30N2O4S. The molecule has 4 aromatic carbocycles. The average molecular weight is 503 g/mol. The Balaban J connectivity index is 1.47. The highest BCUT2D eigenvalue weighted by Gasteiger charge is 2.28. The number of sulfonamides is 1. The van der Waals surface area contributed by atoms with E-state index >= 15 is 0 Å². The maximum atomic E-state index is 13.6. The van der Waals surface area contributed by atoms with Gasteiger partial charge in [0.1, 0.15) is 18.9 Å². The summed E-state index contributed by atoms with van der Waals surface area (Å²) in [5, 5.41) is 4.87. The Bertz CT molecular complexity index is 1480. The number of nitrogens with zero attached hydrogens (tertiary/aromatic N) is 1. The van der Waals surface area contributed by atoms with Gasteiger partial charge in [-0.05, 0) is 56.0 Å². The summed E-state index contributed by atoms with van der Waals surface area (Å²) in [4.78, 5) is 13.0. The molecule has 0 radical (unpaired) electrons. The van der Waals surface area contributed by atoms with Gasteiger partial charge in [0.15, 0.2) is 0 Å². The predicted molar refractivity (Wildman–Crippen MR) is 144 cm³/mol. The Labute approximate surface area is 212 Å². The van der Waals surface area contributed by atoms with E-state index in [4.69, 9.17) is 4.74 Å². The molecule has 0 aromatic heterocycles. The second-order valence-electron chi connectivity index (χ2n) is 8.79. The van der Waals surface area contributed by atoms with Gasteiger partial charge in [-0.15, -0.1) is 0 Å². The van der Waals surface area contributed by atoms with E-state index < -0.39 is 15.9 Å². The van der Waals surface area contributed by atoms with Gasteiger partial charge in [-0.3, -0.25) is 9.10 Å². The largest absolute Gasteiger partial charge is 0.491 e. The lowest BCUT2D eigenvalue weighted by Crippen LogP contribution is -2.42. The van der Waals surface area contributed by atoms with Crippen molar-refractivity contribution in [3.8, 4) is 5.75 Å². The molecule has 36 heavy (non-hydrogen) atoms. The Morgan fingerprint density at radius 1 is 0.861 bits per heavy atom. The molecule has 0 bridgehead atoms. The van der Waals surface area contributed by atoms with Crippen molar-refractivity contribution < 1.29 is 17.9 Å². The molecule has 0 unspecified atom stereocenters. The minimum Gasteiger partial charge on any atom is -0.491 e. The summed E-state index contributed by atoms with van der Waals surface area (Å²) in [6.07, 6.45) is 0. The van der Waals surface area contributed by atoms with Crippen LogP contribution in [0.2, 0.25) is 0 Å². The number of benzene rings is 4.